The molecule has 0 unspecified atom stereocenters. The average Bonchev–Trinajstić information content (AvgIpc) is 2.61. The number of aryl methyl sites for hydroxylation is 1. The molecule has 1 aromatic carbocycles. The molecule has 1 heterocycles. The number of ether oxygens (including phenoxy) is 1. The van der Waals surface area contributed by atoms with Gasteiger partial charge in [-0.15, -0.1) is 0 Å². The highest BCUT2D eigenvalue weighted by Gasteiger charge is 2.23. The third-order valence-corrected chi connectivity index (χ3v) is 2.46. The second-order valence-electron chi connectivity index (χ2n) is 3.56. The molecule has 0 atom stereocenters. The molecule has 0 fully saturated rings. The summed E-state index contributed by atoms with van der Waals surface area (Å²) in [7, 11) is 0. The summed E-state index contributed by atoms with van der Waals surface area (Å²) in [5.74, 6) is -0.907. The fraction of sp³-hybridized carbons (Fsp3) is 0.250. The summed E-state index contributed by atoms with van der Waals surface area (Å²) in [6, 6.07) is 2.79. The zero-order valence-electron chi connectivity index (χ0n) is 9.48. The standard InChI is InChI=1S/C12H12O5/c1-3-16-12(15)9-6(2)17-8-5-4-7(13)11(14)10(8)9/h4-5,13-14H,3H2,1-2H3. The quantitative estimate of drug-likeness (QED) is 0.617. The van der Waals surface area contributed by atoms with Crippen LogP contribution in [0.1, 0.15) is 23.0 Å². The lowest BCUT2D eigenvalue weighted by atomic mass is 10.1. The zero-order valence-corrected chi connectivity index (χ0v) is 9.48. The molecule has 0 amide bonds. The van der Waals surface area contributed by atoms with Gasteiger partial charge in [0.15, 0.2) is 11.5 Å². The largest absolute Gasteiger partial charge is 0.504 e. The van der Waals surface area contributed by atoms with Gasteiger partial charge in [-0.3, -0.25) is 0 Å². The summed E-state index contributed by atoms with van der Waals surface area (Å²) in [6.07, 6.45) is 0. The van der Waals surface area contributed by atoms with Crippen LogP contribution in [0.25, 0.3) is 11.0 Å². The predicted octanol–water partition coefficient (Wildman–Crippen LogP) is 2.33. The number of carbonyl (C=O) groups is 1. The summed E-state index contributed by atoms with van der Waals surface area (Å²) in [5.41, 5.74) is 0.483. The van der Waals surface area contributed by atoms with Crippen molar-refractivity contribution < 1.29 is 24.2 Å². The molecule has 0 aliphatic carbocycles. The van der Waals surface area contributed by atoms with Crippen LogP contribution in [0.4, 0.5) is 0 Å². The van der Waals surface area contributed by atoms with Crippen LogP contribution < -0.4 is 0 Å². The van der Waals surface area contributed by atoms with E-state index in [-0.39, 0.29) is 29.1 Å². The van der Waals surface area contributed by atoms with E-state index in [0.717, 1.165) is 0 Å². The number of carbonyl (C=O) groups excluding carboxylic acids is 1. The van der Waals surface area contributed by atoms with E-state index in [0.29, 0.717) is 11.3 Å². The summed E-state index contributed by atoms with van der Waals surface area (Å²) in [5, 5.41) is 19.4. The lowest BCUT2D eigenvalue weighted by Crippen LogP contribution is -2.05. The fourth-order valence-electron chi connectivity index (χ4n) is 1.73. The van der Waals surface area contributed by atoms with Gasteiger partial charge < -0.3 is 19.4 Å². The summed E-state index contributed by atoms with van der Waals surface area (Å²) >= 11 is 0. The Morgan fingerprint density at radius 1 is 1.41 bits per heavy atom. The van der Waals surface area contributed by atoms with Crippen molar-refractivity contribution in [1.29, 1.82) is 0 Å². The second-order valence-corrected chi connectivity index (χ2v) is 3.56. The van der Waals surface area contributed by atoms with Gasteiger partial charge in [-0.05, 0) is 26.0 Å². The number of phenols is 2. The first-order valence-corrected chi connectivity index (χ1v) is 5.17. The normalized spacial score (nSPS) is 10.7. The second kappa shape index (κ2) is 4.01. The number of furan rings is 1. The van der Waals surface area contributed by atoms with Crippen LogP contribution in [0.15, 0.2) is 16.5 Å². The Bertz CT molecular complexity index is 582. The Hall–Kier alpha value is -2.17. The third kappa shape index (κ3) is 1.69. The highest BCUT2D eigenvalue weighted by Crippen LogP contribution is 2.38. The van der Waals surface area contributed by atoms with Crippen molar-refractivity contribution >= 4 is 16.9 Å². The molecule has 0 radical (unpaired) electrons. The molecular formula is C12H12O5. The van der Waals surface area contributed by atoms with Crippen LogP contribution in [0.2, 0.25) is 0 Å². The van der Waals surface area contributed by atoms with Crippen molar-refractivity contribution in [2.45, 2.75) is 13.8 Å². The molecule has 1 aromatic heterocycles. The molecule has 5 heteroatoms. The monoisotopic (exact) mass is 236 g/mol. The smallest absolute Gasteiger partial charge is 0.342 e. The van der Waals surface area contributed by atoms with Crippen molar-refractivity contribution in [3.8, 4) is 11.5 Å². The molecular weight excluding hydrogens is 224 g/mol. The lowest BCUT2D eigenvalue weighted by molar-refractivity contribution is 0.0526. The van der Waals surface area contributed by atoms with Crippen molar-refractivity contribution in [2.75, 3.05) is 6.61 Å². The molecule has 0 aliphatic heterocycles. The highest BCUT2D eigenvalue weighted by molar-refractivity contribution is 6.07. The van der Waals surface area contributed by atoms with E-state index in [1.807, 2.05) is 0 Å². The molecule has 0 aliphatic rings. The Morgan fingerprint density at radius 2 is 2.12 bits per heavy atom. The highest BCUT2D eigenvalue weighted by atomic mass is 16.5. The molecule has 17 heavy (non-hydrogen) atoms. The van der Waals surface area contributed by atoms with E-state index in [1.165, 1.54) is 12.1 Å². The maximum Gasteiger partial charge on any atom is 0.342 e. The van der Waals surface area contributed by atoms with Gasteiger partial charge in [-0.25, -0.2) is 4.79 Å². The van der Waals surface area contributed by atoms with Crippen molar-refractivity contribution in [2.24, 2.45) is 0 Å². The topological polar surface area (TPSA) is 79.9 Å². The van der Waals surface area contributed by atoms with Crippen LogP contribution in [0.3, 0.4) is 0 Å². The Kier molecular flexibility index (Phi) is 2.67. The van der Waals surface area contributed by atoms with Crippen molar-refractivity contribution in [3.05, 3.63) is 23.5 Å². The van der Waals surface area contributed by atoms with Crippen molar-refractivity contribution in [3.63, 3.8) is 0 Å². The number of hydrogen-bond acceptors (Lipinski definition) is 5. The van der Waals surface area contributed by atoms with E-state index in [9.17, 15) is 15.0 Å². The molecule has 90 valence electrons. The number of hydrogen-bond donors (Lipinski definition) is 2. The van der Waals surface area contributed by atoms with Crippen LogP contribution in [-0.2, 0) is 4.74 Å². The van der Waals surface area contributed by atoms with Gasteiger partial charge in [0.2, 0.25) is 0 Å². The molecule has 2 rings (SSSR count). The lowest BCUT2D eigenvalue weighted by Gasteiger charge is -2.02. The Labute approximate surface area is 97.2 Å². The van der Waals surface area contributed by atoms with Crippen LogP contribution >= 0.6 is 0 Å². The van der Waals surface area contributed by atoms with Crippen LogP contribution in [0, 0.1) is 6.92 Å². The maximum absolute atomic E-state index is 11.7. The SMILES string of the molecule is CCOC(=O)c1c(C)oc2ccc(O)c(O)c12. The van der Waals surface area contributed by atoms with Crippen molar-refractivity contribution in [1.82, 2.24) is 0 Å². The van der Waals surface area contributed by atoms with E-state index in [4.69, 9.17) is 9.15 Å². The van der Waals surface area contributed by atoms with E-state index in [2.05, 4.69) is 0 Å². The summed E-state index contributed by atoms with van der Waals surface area (Å²) in [6.45, 7) is 3.51. The Morgan fingerprint density at radius 3 is 2.76 bits per heavy atom. The van der Waals surface area contributed by atoms with Gasteiger partial charge in [0.1, 0.15) is 16.9 Å². The number of phenolic OH excluding ortho intramolecular Hbond substituents is 2. The van der Waals surface area contributed by atoms with Crippen LogP contribution in [-0.4, -0.2) is 22.8 Å². The van der Waals surface area contributed by atoms with Gasteiger partial charge in [-0.2, -0.15) is 0 Å². The fourth-order valence-corrected chi connectivity index (χ4v) is 1.73. The minimum Gasteiger partial charge on any atom is -0.504 e. The third-order valence-electron chi connectivity index (χ3n) is 2.46. The zero-order chi connectivity index (χ0) is 12.6. The first-order valence-electron chi connectivity index (χ1n) is 5.17. The molecule has 0 saturated carbocycles. The molecule has 2 aromatic rings. The van der Waals surface area contributed by atoms with Gasteiger partial charge in [-0.1, -0.05) is 0 Å². The summed E-state index contributed by atoms with van der Waals surface area (Å²) < 4.78 is 10.2. The molecule has 2 N–H and O–H groups in total. The van der Waals surface area contributed by atoms with E-state index >= 15 is 0 Å². The van der Waals surface area contributed by atoms with Crippen LogP contribution in [0.5, 0.6) is 11.5 Å². The number of benzene rings is 1. The van der Waals surface area contributed by atoms with Gasteiger partial charge in [0, 0.05) is 0 Å². The minimum atomic E-state index is -0.579. The van der Waals surface area contributed by atoms with Gasteiger partial charge in [0.25, 0.3) is 0 Å². The van der Waals surface area contributed by atoms with Gasteiger partial charge in [0.05, 0.1) is 12.0 Å². The molecule has 0 bridgehead atoms. The number of esters is 1. The first kappa shape index (κ1) is 11.3. The number of rotatable bonds is 2. The number of fused-ring (bicyclic) bond motifs is 1. The summed E-state index contributed by atoms with van der Waals surface area (Å²) in [4.78, 5) is 11.7. The maximum atomic E-state index is 11.7. The van der Waals surface area contributed by atoms with E-state index in [1.54, 1.807) is 13.8 Å². The minimum absolute atomic E-state index is 0.148. The van der Waals surface area contributed by atoms with E-state index < -0.39 is 5.97 Å². The average molecular weight is 236 g/mol. The number of aromatic hydroxyl groups is 2. The molecule has 0 spiro atoms. The molecule has 0 saturated heterocycles. The Balaban J connectivity index is 2.73. The molecule has 5 nitrogen and oxygen atoms in total. The predicted molar refractivity (Wildman–Crippen MR) is 60.2 cm³/mol. The first-order chi connectivity index (χ1) is 8.06. The van der Waals surface area contributed by atoms with Gasteiger partial charge >= 0.3 is 5.97 Å².